The molecule has 4 nitrogen and oxygen atoms in total. The summed E-state index contributed by atoms with van der Waals surface area (Å²) in [5, 5.41) is 2.85. The van der Waals surface area contributed by atoms with Gasteiger partial charge in [0.15, 0.2) is 0 Å². The van der Waals surface area contributed by atoms with Gasteiger partial charge >= 0.3 is 0 Å². The summed E-state index contributed by atoms with van der Waals surface area (Å²) in [5.74, 6) is -0.205. The minimum absolute atomic E-state index is 0.0912. The van der Waals surface area contributed by atoms with Gasteiger partial charge in [0, 0.05) is 35.7 Å². The van der Waals surface area contributed by atoms with Gasteiger partial charge in [-0.25, -0.2) is 0 Å². The SMILES string of the molecule is CC(=O)N(CCC(=O)Nc1cccc(C)c1)c1cccc(Br)c1. The molecule has 2 aromatic carbocycles. The molecule has 0 aliphatic carbocycles. The molecule has 0 spiro atoms. The summed E-state index contributed by atoms with van der Waals surface area (Å²) in [4.78, 5) is 25.5. The second-order valence-corrected chi connectivity index (χ2v) is 6.23. The molecule has 0 saturated heterocycles. The van der Waals surface area contributed by atoms with E-state index in [1.165, 1.54) is 6.92 Å². The Hall–Kier alpha value is -2.14. The quantitative estimate of drug-likeness (QED) is 0.854. The van der Waals surface area contributed by atoms with E-state index in [-0.39, 0.29) is 18.2 Å². The average Bonchev–Trinajstić information content (AvgIpc) is 2.47. The van der Waals surface area contributed by atoms with Crippen LogP contribution < -0.4 is 10.2 Å². The Balaban J connectivity index is 1.99. The smallest absolute Gasteiger partial charge is 0.226 e. The first-order valence-corrected chi connectivity index (χ1v) is 8.15. The van der Waals surface area contributed by atoms with Crippen LogP contribution in [0, 0.1) is 6.92 Å². The van der Waals surface area contributed by atoms with Crippen molar-refractivity contribution in [1.82, 2.24) is 0 Å². The summed E-state index contributed by atoms with van der Waals surface area (Å²) < 4.78 is 0.894. The van der Waals surface area contributed by atoms with Crippen LogP contribution in [0.15, 0.2) is 53.0 Å². The molecule has 0 fully saturated rings. The zero-order valence-electron chi connectivity index (χ0n) is 13.2. The van der Waals surface area contributed by atoms with Gasteiger partial charge in [-0.2, -0.15) is 0 Å². The molecule has 23 heavy (non-hydrogen) atoms. The molecule has 120 valence electrons. The van der Waals surface area contributed by atoms with Gasteiger partial charge in [-0.15, -0.1) is 0 Å². The molecule has 0 bridgehead atoms. The van der Waals surface area contributed by atoms with Crippen LogP contribution in [0.1, 0.15) is 18.9 Å². The first-order chi connectivity index (χ1) is 11.0. The van der Waals surface area contributed by atoms with E-state index in [9.17, 15) is 9.59 Å². The van der Waals surface area contributed by atoms with E-state index in [4.69, 9.17) is 0 Å². The first kappa shape index (κ1) is 17.2. The molecular formula is C18H19BrN2O2. The number of nitrogens with zero attached hydrogens (tertiary/aromatic N) is 1. The summed E-state index contributed by atoms with van der Waals surface area (Å²) in [5.41, 5.74) is 2.63. The van der Waals surface area contributed by atoms with Crippen molar-refractivity contribution in [3.63, 3.8) is 0 Å². The van der Waals surface area contributed by atoms with E-state index in [2.05, 4.69) is 21.2 Å². The highest BCUT2D eigenvalue weighted by Crippen LogP contribution is 2.20. The molecule has 0 aliphatic rings. The predicted molar refractivity (Wildman–Crippen MR) is 96.6 cm³/mol. The van der Waals surface area contributed by atoms with Crippen LogP contribution in [-0.4, -0.2) is 18.4 Å². The van der Waals surface area contributed by atoms with Crippen LogP contribution in [0.2, 0.25) is 0 Å². The zero-order valence-corrected chi connectivity index (χ0v) is 14.8. The lowest BCUT2D eigenvalue weighted by Gasteiger charge is -2.21. The molecule has 0 aliphatic heterocycles. The summed E-state index contributed by atoms with van der Waals surface area (Å²) in [6, 6.07) is 15.1. The summed E-state index contributed by atoms with van der Waals surface area (Å²) in [6.07, 6.45) is 0.236. The number of hydrogen-bond donors (Lipinski definition) is 1. The van der Waals surface area contributed by atoms with Gasteiger partial charge in [0.1, 0.15) is 0 Å². The van der Waals surface area contributed by atoms with E-state index in [0.29, 0.717) is 6.54 Å². The van der Waals surface area contributed by atoms with Gasteiger partial charge in [-0.3, -0.25) is 9.59 Å². The van der Waals surface area contributed by atoms with Crippen LogP contribution in [0.3, 0.4) is 0 Å². The normalized spacial score (nSPS) is 10.2. The molecule has 0 saturated carbocycles. The lowest BCUT2D eigenvalue weighted by Crippen LogP contribution is -2.31. The van der Waals surface area contributed by atoms with Gasteiger partial charge < -0.3 is 10.2 Å². The van der Waals surface area contributed by atoms with Crippen LogP contribution in [0.4, 0.5) is 11.4 Å². The van der Waals surface area contributed by atoms with E-state index in [0.717, 1.165) is 21.4 Å². The minimum atomic E-state index is -0.114. The number of carbonyl (C=O) groups excluding carboxylic acids is 2. The summed E-state index contributed by atoms with van der Waals surface area (Å²) in [7, 11) is 0. The molecule has 2 amide bonds. The number of hydrogen-bond acceptors (Lipinski definition) is 2. The number of carbonyl (C=O) groups is 2. The molecule has 2 aromatic rings. The van der Waals surface area contributed by atoms with Crippen molar-refractivity contribution in [1.29, 1.82) is 0 Å². The highest BCUT2D eigenvalue weighted by molar-refractivity contribution is 9.10. The predicted octanol–water partition coefficient (Wildman–Crippen LogP) is 4.14. The molecule has 0 atom stereocenters. The lowest BCUT2D eigenvalue weighted by molar-refractivity contribution is -0.117. The van der Waals surface area contributed by atoms with Crippen molar-refractivity contribution in [2.75, 3.05) is 16.8 Å². The lowest BCUT2D eigenvalue weighted by atomic mass is 10.2. The molecule has 0 heterocycles. The monoisotopic (exact) mass is 374 g/mol. The number of halogens is 1. The third-order valence-electron chi connectivity index (χ3n) is 3.36. The maximum absolute atomic E-state index is 12.1. The van der Waals surface area contributed by atoms with Gasteiger partial charge in [-0.05, 0) is 42.8 Å². The van der Waals surface area contributed by atoms with Crippen molar-refractivity contribution < 1.29 is 9.59 Å². The van der Waals surface area contributed by atoms with E-state index in [1.807, 2.05) is 55.5 Å². The van der Waals surface area contributed by atoms with Crippen molar-refractivity contribution >= 4 is 39.1 Å². The highest BCUT2D eigenvalue weighted by Gasteiger charge is 2.13. The Morgan fingerprint density at radius 1 is 1.13 bits per heavy atom. The van der Waals surface area contributed by atoms with Crippen molar-refractivity contribution in [2.24, 2.45) is 0 Å². The highest BCUT2D eigenvalue weighted by atomic mass is 79.9. The van der Waals surface area contributed by atoms with Gasteiger partial charge in [-0.1, -0.05) is 34.1 Å². The van der Waals surface area contributed by atoms with Crippen molar-refractivity contribution in [3.05, 3.63) is 58.6 Å². The van der Waals surface area contributed by atoms with Crippen molar-refractivity contribution in [2.45, 2.75) is 20.3 Å². The fourth-order valence-corrected chi connectivity index (χ4v) is 2.66. The Morgan fingerprint density at radius 2 is 1.87 bits per heavy atom. The van der Waals surface area contributed by atoms with Crippen LogP contribution >= 0.6 is 15.9 Å². The summed E-state index contributed by atoms with van der Waals surface area (Å²) in [6.45, 7) is 3.81. The Bertz CT molecular complexity index is 716. The number of anilines is 2. The van der Waals surface area contributed by atoms with E-state index >= 15 is 0 Å². The third-order valence-corrected chi connectivity index (χ3v) is 3.86. The molecule has 0 radical (unpaired) electrons. The standard InChI is InChI=1S/C18H19BrN2O2/c1-13-5-3-7-16(11-13)20-18(23)9-10-21(14(2)22)17-8-4-6-15(19)12-17/h3-8,11-12H,9-10H2,1-2H3,(H,20,23). The third kappa shape index (κ3) is 5.21. The number of rotatable bonds is 5. The molecular weight excluding hydrogens is 356 g/mol. The number of nitrogens with one attached hydrogen (secondary N) is 1. The van der Waals surface area contributed by atoms with Gasteiger partial charge in [0.05, 0.1) is 0 Å². The van der Waals surface area contributed by atoms with Gasteiger partial charge in [0.25, 0.3) is 0 Å². The molecule has 5 heteroatoms. The van der Waals surface area contributed by atoms with E-state index in [1.54, 1.807) is 4.90 Å². The first-order valence-electron chi connectivity index (χ1n) is 7.36. The Labute approximate surface area is 144 Å². The molecule has 2 rings (SSSR count). The molecule has 0 aromatic heterocycles. The van der Waals surface area contributed by atoms with Crippen LogP contribution in [0.5, 0.6) is 0 Å². The van der Waals surface area contributed by atoms with Crippen molar-refractivity contribution in [3.8, 4) is 0 Å². The second kappa shape index (κ2) is 7.92. The maximum Gasteiger partial charge on any atom is 0.226 e. The Kier molecular flexibility index (Phi) is 5.93. The average molecular weight is 375 g/mol. The fraction of sp³-hybridized carbons (Fsp3) is 0.222. The van der Waals surface area contributed by atoms with E-state index < -0.39 is 0 Å². The molecule has 1 N–H and O–H groups in total. The topological polar surface area (TPSA) is 49.4 Å². The molecule has 0 unspecified atom stereocenters. The fourth-order valence-electron chi connectivity index (χ4n) is 2.27. The Morgan fingerprint density at radius 3 is 2.52 bits per heavy atom. The zero-order chi connectivity index (χ0) is 16.8. The maximum atomic E-state index is 12.1. The number of aryl methyl sites for hydroxylation is 1. The van der Waals surface area contributed by atoms with Gasteiger partial charge in [0.2, 0.25) is 11.8 Å². The van der Waals surface area contributed by atoms with Crippen LogP contribution in [0.25, 0.3) is 0 Å². The number of benzene rings is 2. The number of amides is 2. The minimum Gasteiger partial charge on any atom is -0.326 e. The largest absolute Gasteiger partial charge is 0.326 e. The van der Waals surface area contributed by atoms with Crippen LogP contribution in [-0.2, 0) is 9.59 Å². The second-order valence-electron chi connectivity index (χ2n) is 5.32. The summed E-state index contributed by atoms with van der Waals surface area (Å²) >= 11 is 3.39.